The average molecular weight is 325 g/mol. The second-order valence-electron chi connectivity index (χ2n) is 3.98. The molecule has 7 heteroatoms. The van der Waals surface area contributed by atoms with Crippen LogP contribution in [-0.2, 0) is 11.2 Å². The van der Waals surface area contributed by atoms with E-state index in [2.05, 4.69) is 15.9 Å². The van der Waals surface area contributed by atoms with Gasteiger partial charge in [0, 0.05) is 4.47 Å². The molecule has 0 saturated carbocycles. The molecule has 1 aromatic rings. The summed E-state index contributed by atoms with van der Waals surface area (Å²) in [5.41, 5.74) is 0.456. The Bertz CT molecular complexity index is 487. The van der Waals surface area contributed by atoms with Crippen molar-refractivity contribution in [3.63, 3.8) is 0 Å². The fraction of sp³-hybridized carbons (Fsp3) is 0.364. The van der Waals surface area contributed by atoms with Gasteiger partial charge in [0.1, 0.15) is 11.7 Å². The fourth-order valence-electron chi connectivity index (χ4n) is 1.90. The van der Waals surface area contributed by atoms with E-state index >= 15 is 0 Å². The molecule has 0 unspecified atom stereocenters. The van der Waals surface area contributed by atoms with Crippen molar-refractivity contribution in [3.8, 4) is 5.75 Å². The molecule has 0 radical (unpaired) electrons. The third-order valence-electron chi connectivity index (χ3n) is 2.72. The summed E-state index contributed by atoms with van der Waals surface area (Å²) in [7, 11) is 0. The number of carboxylic acids is 1. The molecule has 18 heavy (non-hydrogen) atoms. The summed E-state index contributed by atoms with van der Waals surface area (Å²) in [6, 6.07) is 4.52. The predicted octanol–water partition coefficient (Wildman–Crippen LogP) is 3.02. The van der Waals surface area contributed by atoms with Crippen LogP contribution in [0.25, 0.3) is 0 Å². The number of ether oxygens (including phenoxy) is 1. The predicted molar refractivity (Wildman–Crippen MR) is 59.4 cm³/mol. The highest BCUT2D eigenvalue weighted by molar-refractivity contribution is 9.10. The van der Waals surface area contributed by atoms with Crippen LogP contribution in [0, 0.1) is 5.92 Å². The van der Waals surface area contributed by atoms with Gasteiger partial charge in [0.2, 0.25) is 6.10 Å². The van der Waals surface area contributed by atoms with Crippen LogP contribution in [0.3, 0.4) is 0 Å². The third kappa shape index (κ3) is 2.45. The molecule has 2 rings (SSSR count). The van der Waals surface area contributed by atoms with Crippen LogP contribution in [-0.4, -0.2) is 23.4 Å². The van der Waals surface area contributed by atoms with E-state index in [1.807, 2.05) is 0 Å². The van der Waals surface area contributed by atoms with E-state index in [0.29, 0.717) is 10.0 Å². The van der Waals surface area contributed by atoms with Gasteiger partial charge < -0.3 is 9.84 Å². The molecule has 0 spiro atoms. The van der Waals surface area contributed by atoms with Gasteiger partial charge in [-0.1, -0.05) is 15.9 Å². The largest absolute Gasteiger partial charge is 0.481 e. The zero-order valence-electron chi connectivity index (χ0n) is 8.87. The maximum Gasteiger partial charge on any atom is 0.426 e. The summed E-state index contributed by atoms with van der Waals surface area (Å²) in [5, 5.41) is 8.88. The van der Waals surface area contributed by atoms with E-state index in [1.54, 1.807) is 12.1 Å². The maximum absolute atomic E-state index is 12.7. The first-order valence-corrected chi connectivity index (χ1v) is 5.83. The minimum absolute atomic E-state index is 0.0815. The van der Waals surface area contributed by atoms with Crippen molar-refractivity contribution < 1.29 is 27.8 Å². The minimum atomic E-state index is -4.70. The number of carbonyl (C=O) groups is 1. The number of carboxylic acid groups (broad SMARTS) is 1. The third-order valence-corrected chi connectivity index (χ3v) is 3.21. The molecule has 1 heterocycles. The Labute approximate surface area is 109 Å². The standard InChI is InChI=1S/C11H8BrF3O3/c12-6-1-2-8-5(3-6)4-7(10(16)17)9(18-8)11(13,14)15/h1-3,7,9H,4H2,(H,16,17)/t7-,9-/m0/s1. The molecule has 0 aliphatic carbocycles. The van der Waals surface area contributed by atoms with Crippen LogP contribution in [0.15, 0.2) is 22.7 Å². The van der Waals surface area contributed by atoms with Crippen LogP contribution in [0.2, 0.25) is 0 Å². The van der Waals surface area contributed by atoms with Crippen LogP contribution >= 0.6 is 15.9 Å². The van der Waals surface area contributed by atoms with Crippen molar-refractivity contribution in [1.29, 1.82) is 0 Å². The van der Waals surface area contributed by atoms with Crippen molar-refractivity contribution in [1.82, 2.24) is 0 Å². The van der Waals surface area contributed by atoms with Gasteiger partial charge in [0.15, 0.2) is 0 Å². The van der Waals surface area contributed by atoms with E-state index in [9.17, 15) is 18.0 Å². The lowest BCUT2D eigenvalue weighted by Gasteiger charge is -2.32. The van der Waals surface area contributed by atoms with Crippen molar-refractivity contribution in [3.05, 3.63) is 28.2 Å². The second-order valence-corrected chi connectivity index (χ2v) is 4.90. The Hall–Kier alpha value is -1.24. The molecule has 0 fully saturated rings. The first-order valence-electron chi connectivity index (χ1n) is 5.03. The average Bonchev–Trinajstić information content (AvgIpc) is 2.25. The zero-order chi connectivity index (χ0) is 13.5. The molecule has 98 valence electrons. The molecular weight excluding hydrogens is 317 g/mol. The molecule has 2 atom stereocenters. The molecule has 1 N–H and O–H groups in total. The van der Waals surface area contributed by atoms with Gasteiger partial charge in [-0.05, 0) is 30.2 Å². The highest BCUT2D eigenvalue weighted by atomic mass is 79.9. The van der Waals surface area contributed by atoms with Crippen LogP contribution in [0.1, 0.15) is 5.56 Å². The zero-order valence-corrected chi connectivity index (χ0v) is 10.5. The van der Waals surface area contributed by atoms with Gasteiger partial charge >= 0.3 is 12.1 Å². The molecule has 1 aliphatic rings. The van der Waals surface area contributed by atoms with Gasteiger partial charge in [-0.3, -0.25) is 4.79 Å². The van der Waals surface area contributed by atoms with E-state index in [0.717, 1.165) is 0 Å². The smallest absolute Gasteiger partial charge is 0.426 e. The molecule has 0 aromatic heterocycles. The summed E-state index contributed by atoms with van der Waals surface area (Å²) in [6.45, 7) is 0. The molecule has 0 bridgehead atoms. The Kier molecular flexibility index (Phi) is 3.27. The SMILES string of the molecule is O=C(O)[C@H]1Cc2cc(Br)ccc2O[C@@H]1C(F)(F)F. The van der Waals surface area contributed by atoms with Gasteiger partial charge in [-0.15, -0.1) is 0 Å². The summed E-state index contributed by atoms with van der Waals surface area (Å²) in [6.07, 6.45) is -7.20. The Morgan fingerprint density at radius 2 is 2.11 bits per heavy atom. The fourth-order valence-corrected chi connectivity index (χ4v) is 2.31. The van der Waals surface area contributed by atoms with Crippen LogP contribution < -0.4 is 4.74 Å². The summed E-state index contributed by atoms with van der Waals surface area (Å²) < 4.78 is 43.6. The van der Waals surface area contributed by atoms with Crippen molar-refractivity contribution in [2.75, 3.05) is 0 Å². The number of rotatable bonds is 1. The van der Waals surface area contributed by atoms with Gasteiger partial charge in [0.25, 0.3) is 0 Å². The summed E-state index contributed by atoms with van der Waals surface area (Å²) >= 11 is 3.18. The topological polar surface area (TPSA) is 46.5 Å². The highest BCUT2D eigenvalue weighted by Crippen LogP contribution is 2.39. The van der Waals surface area contributed by atoms with E-state index in [1.165, 1.54) is 6.07 Å². The van der Waals surface area contributed by atoms with Gasteiger partial charge in [0.05, 0.1) is 0 Å². The number of benzene rings is 1. The van der Waals surface area contributed by atoms with Crippen molar-refractivity contribution in [2.45, 2.75) is 18.7 Å². The number of alkyl halides is 3. The number of halogens is 4. The Balaban J connectivity index is 2.40. The van der Waals surface area contributed by atoms with E-state index < -0.39 is 24.2 Å². The first kappa shape index (κ1) is 13.2. The second kappa shape index (κ2) is 4.46. The van der Waals surface area contributed by atoms with E-state index in [-0.39, 0.29) is 12.2 Å². The van der Waals surface area contributed by atoms with Crippen molar-refractivity contribution >= 4 is 21.9 Å². The normalized spacial score (nSPS) is 23.1. The summed E-state index contributed by atoms with van der Waals surface area (Å²) in [4.78, 5) is 10.9. The van der Waals surface area contributed by atoms with Gasteiger partial charge in [-0.25, -0.2) is 0 Å². The Morgan fingerprint density at radius 3 is 2.67 bits per heavy atom. The molecule has 0 amide bonds. The molecule has 1 aliphatic heterocycles. The van der Waals surface area contributed by atoms with Crippen molar-refractivity contribution in [2.24, 2.45) is 5.92 Å². The van der Waals surface area contributed by atoms with Gasteiger partial charge in [-0.2, -0.15) is 13.2 Å². The van der Waals surface area contributed by atoms with Crippen LogP contribution in [0.5, 0.6) is 5.75 Å². The lowest BCUT2D eigenvalue weighted by atomic mass is 9.90. The monoisotopic (exact) mass is 324 g/mol. The van der Waals surface area contributed by atoms with Crippen LogP contribution in [0.4, 0.5) is 13.2 Å². The lowest BCUT2D eigenvalue weighted by molar-refractivity contribution is -0.217. The molecular formula is C11H8BrF3O3. The number of hydrogen-bond acceptors (Lipinski definition) is 2. The summed E-state index contributed by atoms with van der Waals surface area (Å²) in [5.74, 6) is -3.05. The molecule has 0 saturated heterocycles. The maximum atomic E-state index is 12.7. The molecule has 1 aromatic carbocycles. The highest BCUT2D eigenvalue weighted by Gasteiger charge is 2.52. The number of hydrogen-bond donors (Lipinski definition) is 1. The minimum Gasteiger partial charge on any atom is -0.481 e. The van der Waals surface area contributed by atoms with E-state index in [4.69, 9.17) is 9.84 Å². The Morgan fingerprint density at radius 1 is 1.44 bits per heavy atom. The molecule has 3 nitrogen and oxygen atoms in total. The number of fused-ring (bicyclic) bond motifs is 1. The lowest BCUT2D eigenvalue weighted by Crippen LogP contribution is -2.47. The number of aliphatic carboxylic acids is 1. The first-order chi connectivity index (χ1) is 8.29. The quantitative estimate of drug-likeness (QED) is 0.863.